The minimum atomic E-state index is -4.59. The number of halogens is 4. The third-order valence-corrected chi connectivity index (χ3v) is 3.96. The summed E-state index contributed by atoms with van der Waals surface area (Å²) in [4.78, 5) is 12.3. The lowest BCUT2D eigenvalue weighted by Crippen LogP contribution is -2.32. The van der Waals surface area contributed by atoms with E-state index in [0.717, 1.165) is 0 Å². The molecule has 2 aromatic rings. The zero-order valence-corrected chi connectivity index (χ0v) is 14.0. The fourth-order valence-corrected chi connectivity index (χ4v) is 2.49. The molecule has 0 aliphatic heterocycles. The Kier molecular flexibility index (Phi) is 6.00. The van der Waals surface area contributed by atoms with Gasteiger partial charge in [-0.05, 0) is 30.7 Å². The topological polar surface area (TPSA) is 64.1 Å². The maximum absolute atomic E-state index is 12.5. The molecular weight excluding hydrogens is 367 g/mol. The van der Waals surface area contributed by atoms with Gasteiger partial charge in [-0.3, -0.25) is 4.79 Å². The number of carbonyl (C=O) groups excluding carboxylic acids is 1. The summed E-state index contributed by atoms with van der Waals surface area (Å²) < 4.78 is 42.9. The van der Waals surface area contributed by atoms with Crippen molar-refractivity contribution in [2.24, 2.45) is 0 Å². The summed E-state index contributed by atoms with van der Waals surface area (Å²) in [6.07, 6.45) is -4.64. The molecule has 1 heterocycles. The van der Waals surface area contributed by atoms with Crippen molar-refractivity contribution in [3.8, 4) is 5.19 Å². The Morgan fingerprint density at radius 2 is 2.00 bits per heavy atom. The van der Waals surface area contributed by atoms with E-state index >= 15 is 0 Å². The molecule has 0 bridgehead atoms. The molecule has 0 saturated heterocycles. The molecule has 0 saturated carbocycles. The number of hydrogen-bond donors (Lipinski definition) is 1. The Morgan fingerprint density at radius 1 is 1.33 bits per heavy atom. The number of aromatic nitrogens is 2. The van der Waals surface area contributed by atoms with Gasteiger partial charge < -0.3 is 10.1 Å². The van der Waals surface area contributed by atoms with Crippen LogP contribution in [-0.2, 0) is 11.0 Å². The Balaban J connectivity index is 2.06. The molecule has 1 N–H and O–H groups in total. The van der Waals surface area contributed by atoms with Crippen LogP contribution >= 0.6 is 22.9 Å². The predicted molar refractivity (Wildman–Crippen MR) is 84.3 cm³/mol. The fourth-order valence-electron chi connectivity index (χ4n) is 1.76. The zero-order chi connectivity index (χ0) is 17.7. The van der Waals surface area contributed by atoms with Gasteiger partial charge in [-0.25, -0.2) is 0 Å². The summed E-state index contributed by atoms with van der Waals surface area (Å²) in [6.45, 7) is 1.83. The minimum absolute atomic E-state index is 0.253. The van der Waals surface area contributed by atoms with Gasteiger partial charge in [0.15, 0.2) is 6.10 Å². The molecule has 1 unspecified atom stereocenters. The Morgan fingerprint density at radius 3 is 2.54 bits per heavy atom. The van der Waals surface area contributed by atoms with Gasteiger partial charge in [0.05, 0.1) is 0 Å². The fraction of sp³-hybridized carbons (Fsp3) is 0.357. The van der Waals surface area contributed by atoms with Gasteiger partial charge >= 0.3 is 6.18 Å². The van der Waals surface area contributed by atoms with Crippen LogP contribution in [0.15, 0.2) is 24.3 Å². The maximum atomic E-state index is 12.5. The summed E-state index contributed by atoms with van der Waals surface area (Å²) in [6, 6.07) is 6.42. The first kappa shape index (κ1) is 18.5. The number of ether oxygens (including phenoxy) is 1. The highest BCUT2D eigenvalue weighted by Gasteiger charge is 2.36. The van der Waals surface area contributed by atoms with E-state index in [1.807, 2.05) is 6.92 Å². The van der Waals surface area contributed by atoms with Gasteiger partial charge in [-0.15, -0.1) is 5.10 Å². The van der Waals surface area contributed by atoms with Gasteiger partial charge in [-0.2, -0.15) is 13.2 Å². The van der Waals surface area contributed by atoms with Gasteiger partial charge in [0.25, 0.3) is 11.1 Å². The standard InChI is InChI=1S/C14H13ClF3N3O2S/c1-2-3-10(11(22)19-9-6-4-8(15)5-7-9)23-13-21-20-12(24-13)14(16,17)18/h4-7,10H,2-3H2,1H3,(H,19,22). The first-order valence-corrected chi connectivity index (χ1v) is 8.13. The lowest BCUT2D eigenvalue weighted by molar-refractivity contribution is -0.138. The van der Waals surface area contributed by atoms with E-state index in [1.165, 1.54) is 0 Å². The van der Waals surface area contributed by atoms with Crippen LogP contribution in [0, 0.1) is 0 Å². The molecule has 0 fully saturated rings. The molecule has 0 radical (unpaired) electrons. The minimum Gasteiger partial charge on any atom is -0.455 e. The summed E-state index contributed by atoms with van der Waals surface area (Å²) >= 11 is 6.02. The monoisotopic (exact) mass is 379 g/mol. The predicted octanol–water partition coefficient (Wildman–Crippen LogP) is 4.40. The SMILES string of the molecule is CCCC(Oc1nnc(C(F)(F)F)s1)C(=O)Nc1ccc(Cl)cc1. The van der Waals surface area contributed by atoms with Gasteiger partial charge in [0, 0.05) is 10.7 Å². The summed E-state index contributed by atoms with van der Waals surface area (Å²) in [5.74, 6) is -0.483. The first-order chi connectivity index (χ1) is 11.3. The number of hydrogen-bond acceptors (Lipinski definition) is 5. The van der Waals surface area contributed by atoms with Crippen LogP contribution in [0.3, 0.4) is 0 Å². The highest BCUT2D eigenvalue weighted by molar-refractivity contribution is 7.13. The molecule has 10 heteroatoms. The quantitative estimate of drug-likeness (QED) is 0.808. The van der Waals surface area contributed by atoms with Crippen molar-refractivity contribution in [3.63, 3.8) is 0 Å². The van der Waals surface area contributed by atoms with Crippen LogP contribution in [0.2, 0.25) is 5.02 Å². The summed E-state index contributed by atoms with van der Waals surface area (Å²) in [5, 5.41) is 8.08. The van der Waals surface area contributed by atoms with E-state index in [-0.39, 0.29) is 16.5 Å². The van der Waals surface area contributed by atoms with Crippen molar-refractivity contribution >= 4 is 34.5 Å². The van der Waals surface area contributed by atoms with Crippen molar-refractivity contribution < 1.29 is 22.7 Å². The van der Waals surface area contributed by atoms with Gasteiger partial charge in [0.2, 0.25) is 5.01 Å². The van der Waals surface area contributed by atoms with E-state index in [0.29, 0.717) is 23.6 Å². The second-order valence-corrected chi connectivity index (χ2v) is 6.14. The van der Waals surface area contributed by atoms with Crippen molar-refractivity contribution in [2.75, 3.05) is 5.32 Å². The van der Waals surface area contributed by atoms with Crippen molar-refractivity contribution in [1.29, 1.82) is 0 Å². The summed E-state index contributed by atoms with van der Waals surface area (Å²) in [7, 11) is 0. The molecular formula is C14H13ClF3N3O2S. The first-order valence-electron chi connectivity index (χ1n) is 6.93. The number of rotatable bonds is 6. The largest absolute Gasteiger partial charge is 0.455 e. The molecule has 1 aromatic heterocycles. The highest BCUT2D eigenvalue weighted by Crippen LogP contribution is 2.34. The molecule has 0 aliphatic rings. The number of amides is 1. The van der Waals surface area contributed by atoms with Gasteiger partial charge in [0.1, 0.15) is 0 Å². The van der Waals surface area contributed by atoms with Gasteiger partial charge in [-0.1, -0.05) is 41.4 Å². The molecule has 130 valence electrons. The molecule has 1 amide bonds. The number of anilines is 1. The lowest BCUT2D eigenvalue weighted by Gasteiger charge is -2.16. The van der Waals surface area contributed by atoms with Crippen LogP contribution in [0.1, 0.15) is 24.8 Å². The highest BCUT2D eigenvalue weighted by atomic mass is 35.5. The normalized spacial score (nSPS) is 12.7. The molecule has 2 rings (SSSR count). The van der Waals surface area contributed by atoms with Crippen LogP contribution in [-0.4, -0.2) is 22.2 Å². The van der Waals surface area contributed by atoms with Crippen LogP contribution in [0.5, 0.6) is 5.19 Å². The van der Waals surface area contributed by atoms with Crippen LogP contribution in [0.4, 0.5) is 18.9 Å². The molecule has 0 spiro atoms. The number of nitrogens with one attached hydrogen (secondary N) is 1. The lowest BCUT2D eigenvalue weighted by atomic mass is 10.2. The van der Waals surface area contributed by atoms with Crippen molar-refractivity contribution in [2.45, 2.75) is 32.0 Å². The Labute approximate surface area is 144 Å². The maximum Gasteiger partial charge on any atom is 0.445 e. The molecule has 1 aromatic carbocycles. The number of alkyl halides is 3. The third kappa shape index (κ3) is 5.07. The van der Waals surface area contributed by atoms with E-state index in [1.54, 1.807) is 24.3 Å². The number of nitrogens with zero attached hydrogens (tertiary/aromatic N) is 2. The zero-order valence-electron chi connectivity index (χ0n) is 12.4. The van der Waals surface area contributed by atoms with E-state index in [9.17, 15) is 18.0 Å². The number of benzene rings is 1. The second-order valence-electron chi connectivity index (χ2n) is 4.76. The van der Waals surface area contributed by atoms with Crippen LogP contribution in [0.25, 0.3) is 0 Å². The number of carbonyl (C=O) groups is 1. The average Bonchev–Trinajstić information content (AvgIpc) is 2.98. The third-order valence-electron chi connectivity index (χ3n) is 2.85. The van der Waals surface area contributed by atoms with E-state index in [4.69, 9.17) is 16.3 Å². The van der Waals surface area contributed by atoms with Crippen LogP contribution < -0.4 is 10.1 Å². The Bertz CT molecular complexity index is 691. The molecule has 5 nitrogen and oxygen atoms in total. The smallest absolute Gasteiger partial charge is 0.445 e. The average molecular weight is 380 g/mol. The summed E-state index contributed by atoms with van der Waals surface area (Å²) in [5.41, 5.74) is 0.502. The van der Waals surface area contributed by atoms with E-state index in [2.05, 4.69) is 15.5 Å². The molecule has 24 heavy (non-hydrogen) atoms. The molecule has 1 atom stereocenters. The Hall–Kier alpha value is -1.87. The van der Waals surface area contributed by atoms with E-state index < -0.39 is 23.2 Å². The van der Waals surface area contributed by atoms with Crippen molar-refractivity contribution in [3.05, 3.63) is 34.3 Å². The second kappa shape index (κ2) is 7.80. The van der Waals surface area contributed by atoms with Crippen molar-refractivity contribution in [1.82, 2.24) is 10.2 Å². The molecule has 0 aliphatic carbocycles.